The highest BCUT2D eigenvalue weighted by Gasteiger charge is 2.46. The van der Waals surface area contributed by atoms with E-state index >= 15 is 0 Å². The highest BCUT2D eigenvalue weighted by molar-refractivity contribution is 7.45. The summed E-state index contributed by atoms with van der Waals surface area (Å²) in [6.07, 6.45) is 10.2. The molecule has 0 saturated carbocycles. The van der Waals surface area contributed by atoms with Crippen LogP contribution in [0, 0.1) is 16.7 Å². The van der Waals surface area contributed by atoms with Crippen LogP contribution in [0.3, 0.4) is 0 Å². The van der Waals surface area contributed by atoms with Gasteiger partial charge in [-0.3, -0.25) is 13.7 Å². The molecule has 0 radical (unpaired) electrons. The van der Waals surface area contributed by atoms with Crippen LogP contribution in [-0.2, 0) is 24.1 Å². The number of aromatic nitrogens is 6. The van der Waals surface area contributed by atoms with E-state index in [1.807, 2.05) is 99.9 Å². The molecule has 8 rings (SSSR count). The van der Waals surface area contributed by atoms with Gasteiger partial charge in [0.25, 0.3) is 14.4 Å². The van der Waals surface area contributed by atoms with Crippen molar-refractivity contribution in [2.45, 2.75) is 76.1 Å². The van der Waals surface area contributed by atoms with Crippen LogP contribution in [0.25, 0.3) is 11.2 Å². The quantitative estimate of drug-likeness (QED) is 0.0388. The Morgan fingerprint density at radius 2 is 1.56 bits per heavy atom. The van der Waals surface area contributed by atoms with E-state index in [4.69, 9.17) is 33.0 Å². The van der Waals surface area contributed by atoms with Crippen molar-refractivity contribution in [1.82, 2.24) is 28.8 Å². The van der Waals surface area contributed by atoms with E-state index in [2.05, 4.69) is 46.8 Å². The number of ether oxygens (including phenoxy) is 4. The van der Waals surface area contributed by atoms with Crippen molar-refractivity contribution < 1.29 is 32.8 Å². The molecule has 1 fully saturated rings. The first-order chi connectivity index (χ1) is 33.3. The topological polar surface area (TPSA) is 170 Å². The fraction of sp³-hybridized carbons (Fsp3) is 0.308. The zero-order valence-corrected chi connectivity index (χ0v) is 39.4. The number of nitrogens with zero attached hydrogens (tertiary/aromatic N) is 7. The number of nitriles is 1. The Kier molecular flexibility index (Phi) is 15.3. The normalized spacial score (nSPS) is 17.0. The van der Waals surface area contributed by atoms with Crippen molar-refractivity contribution in [3.63, 3.8) is 0 Å². The SMILES string of the molecule is C=CCC(CC)(CC)C(CC#N)OP(O[C@H]1C[C@H](n2cnc3c(NC(=O)c4ccccc4)ncnc32)O[C@@H]1COC(c1ccccc1)(c1ccc(OC)cc1)c1ccc(OC)cc1)n1ccnc1. The van der Waals surface area contributed by atoms with Crippen molar-refractivity contribution in [2.24, 2.45) is 5.41 Å². The number of allylic oxidation sites excluding steroid dienone is 1. The standard InChI is InChI=1S/C52H55N8O7P/c1-6-28-51(7-2,8-3)45(27-29-53)67-68(59-31-30-54-35-59)66-43-32-46(60-36-57-47-48(55-34-56-49(47)60)58-50(61)37-15-11-9-12-16-37)65-44(43)33-64-52(38-17-13-10-14-18-38,39-19-23-41(62-4)24-20-39)40-21-25-42(63-5)26-22-40/h6,9-26,30-31,34-36,43-46H,1,7-8,27-28,32-33H2,2-5H3,(H,55,56,58,61)/t43-,44+,45?,46+,68?/m0/s1. The molecule has 4 aromatic carbocycles. The number of hydrogen-bond donors (Lipinski definition) is 1. The minimum Gasteiger partial charge on any atom is -0.497 e. The average Bonchev–Trinajstić information content (AvgIpc) is 4.18. The lowest BCUT2D eigenvalue weighted by Gasteiger charge is -2.40. The molecule has 1 aliphatic heterocycles. The van der Waals surface area contributed by atoms with Crippen LogP contribution >= 0.6 is 8.53 Å². The predicted molar refractivity (Wildman–Crippen MR) is 259 cm³/mol. The first kappa shape index (κ1) is 47.7. The molecule has 0 aliphatic carbocycles. The van der Waals surface area contributed by atoms with Gasteiger partial charge in [0.1, 0.15) is 42.1 Å². The molecular formula is C52H55N8O7P. The molecular weight excluding hydrogens is 880 g/mol. The lowest BCUT2D eigenvalue weighted by Crippen LogP contribution is -2.39. The van der Waals surface area contributed by atoms with Gasteiger partial charge in [-0.15, -0.1) is 6.58 Å². The Labute approximate surface area is 397 Å². The van der Waals surface area contributed by atoms with E-state index in [0.29, 0.717) is 41.1 Å². The first-order valence-corrected chi connectivity index (χ1v) is 23.7. The number of rotatable bonds is 22. The van der Waals surface area contributed by atoms with Gasteiger partial charge in [0.2, 0.25) is 0 Å². The van der Waals surface area contributed by atoms with Crippen molar-refractivity contribution in [1.29, 1.82) is 5.26 Å². The fourth-order valence-electron chi connectivity index (χ4n) is 8.91. The molecule has 4 heterocycles. The third kappa shape index (κ3) is 9.92. The Morgan fingerprint density at radius 1 is 0.912 bits per heavy atom. The molecule has 16 heteroatoms. The molecule has 7 aromatic rings. The molecule has 1 saturated heterocycles. The third-order valence-electron chi connectivity index (χ3n) is 12.8. The molecule has 350 valence electrons. The molecule has 1 aliphatic rings. The molecule has 3 aromatic heterocycles. The summed E-state index contributed by atoms with van der Waals surface area (Å²) in [6, 6.07) is 37.0. The number of nitrogens with one attached hydrogen (secondary N) is 1. The number of fused-ring (bicyclic) bond motifs is 1. The van der Waals surface area contributed by atoms with Crippen molar-refractivity contribution in [3.05, 3.63) is 175 Å². The minimum atomic E-state index is -1.92. The zero-order valence-electron chi connectivity index (χ0n) is 38.6. The summed E-state index contributed by atoms with van der Waals surface area (Å²) in [5.41, 5.74) is 2.37. The van der Waals surface area contributed by atoms with Gasteiger partial charge in [-0.2, -0.15) is 5.26 Å². The van der Waals surface area contributed by atoms with Crippen LogP contribution in [0.4, 0.5) is 5.82 Å². The molecule has 0 spiro atoms. The number of anilines is 1. The van der Waals surface area contributed by atoms with E-state index in [1.165, 1.54) is 6.33 Å². The van der Waals surface area contributed by atoms with Gasteiger partial charge in [-0.05, 0) is 72.4 Å². The van der Waals surface area contributed by atoms with Crippen LogP contribution in [0.15, 0.2) is 153 Å². The number of hydrogen-bond acceptors (Lipinski definition) is 12. The number of imidazole rings is 2. The Morgan fingerprint density at radius 3 is 2.15 bits per heavy atom. The van der Waals surface area contributed by atoms with Gasteiger partial charge in [0.05, 0.1) is 51.9 Å². The lowest BCUT2D eigenvalue weighted by atomic mass is 9.73. The summed E-state index contributed by atoms with van der Waals surface area (Å²) >= 11 is 0. The second-order valence-corrected chi connectivity index (χ2v) is 17.7. The van der Waals surface area contributed by atoms with Gasteiger partial charge >= 0.3 is 0 Å². The molecule has 1 amide bonds. The minimum absolute atomic E-state index is 0.0349. The van der Waals surface area contributed by atoms with Crippen LogP contribution in [0.5, 0.6) is 11.5 Å². The molecule has 15 nitrogen and oxygen atoms in total. The van der Waals surface area contributed by atoms with Crippen LogP contribution in [-0.4, -0.2) is 73.9 Å². The maximum Gasteiger partial charge on any atom is 0.295 e. The van der Waals surface area contributed by atoms with Crippen molar-refractivity contribution >= 4 is 31.4 Å². The summed E-state index contributed by atoms with van der Waals surface area (Å²) in [7, 11) is 1.36. The highest BCUT2D eigenvalue weighted by atomic mass is 31.2. The Bertz CT molecular complexity index is 2720. The fourth-order valence-corrected chi connectivity index (χ4v) is 10.5. The summed E-state index contributed by atoms with van der Waals surface area (Å²) in [5, 5.41) is 13.1. The lowest BCUT2D eigenvalue weighted by molar-refractivity contribution is -0.0913. The summed E-state index contributed by atoms with van der Waals surface area (Å²) < 4.78 is 43.5. The van der Waals surface area contributed by atoms with Crippen LogP contribution in [0.1, 0.15) is 79.2 Å². The molecule has 1 N–H and O–H groups in total. The van der Waals surface area contributed by atoms with E-state index < -0.39 is 38.7 Å². The maximum absolute atomic E-state index is 13.3. The van der Waals surface area contributed by atoms with E-state index in [9.17, 15) is 10.1 Å². The zero-order chi connectivity index (χ0) is 47.5. The monoisotopic (exact) mass is 934 g/mol. The maximum atomic E-state index is 13.3. The Hall–Kier alpha value is -6.79. The average molecular weight is 935 g/mol. The van der Waals surface area contributed by atoms with Gasteiger partial charge in [-0.1, -0.05) is 92.7 Å². The smallest absolute Gasteiger partial charge is 0.295 e. The number of benzene rings is 4. The van der Waals surface area contributed by atoms with Gasteiger partial charge in [0, 0.05) is 29.8 Å². The molecule has 0 bridgehead atoms. The number of methoxy groups -OCH3 is 2. The van der Waals surface area contributed by atoms with Crippen molar-refractivity contribution in [2.75, 3.05) is 26.1 Å². The van der Waals surface area contributed by atoms with E-state index in [-0.39, 0.29) is 30.2 Å². The van der Waals surface area contributed by atoms with Crippen molar-refractivity contribution in [3.8, 4) is 17.6 Å². The van der Waals surface area contributed by atoms with Gasteiger partial charge in [0.15, 0.2) is 17.0 Å². The Balaban J connectivity index is 1.20. The molecule has 5 atom stereocenters. The van der Waals surface area contributed by atoms with Crippen LogP contribution < -0.4 is 14.8 Å². The van der Waals surface area contributed by atoms with Gasteiger partial charge in [-0.25, -0.2) is 19.9 Å². The van der Waals surface area contributed by atoms with E-state index in [0.717, 1.165) is 29.5 Å². The number of carbonyl (C=O) groups excluding carboxylic acids is 1. The predicted octanol–water partition coefficient (Wildman–Crippen LogP) is 10.4. The highest BCUT2D eigenvalue weighted by Crippen LogP contribution is 2.52. The summed E-state index contributed by atoms with van der Waals surface area (Å²) in [5.74, 6) is 1.33. The first-order valence-electron chi connectivity index (χ1n) is 22.6. The second kappa shape index (κ2) is 21.9. The largest absolute Gasteiger partial charge is 0.497 e. The third-order valence-corrected chi connectivity index (χ3v) is 14.3. The molecule has 2 unspecified atom stereocenters. The second-order valence-electron chi connectivity index (χ2n) is 16.4. The summed E-state index contributed by atoms with van der Waals surface area (Å²) in [4.78, 5) is 31.4. The summed E-state index contributed by atoms with van der Waals surface area (Å²) in [6.45, 7) is 8.33. The number of carbonyl (C=O) groups is 1. The van der Waals surface area contributed by atoms with Gasteiger partial charge < -0.3 is 33.3 Å². The number of amides is 1. The van der Waals surface area contributed by atoms with Crippen LogP contribution in [0.2, 0.25) is 0 Å². The molecule has 68 heavy (non-hydrogen) atoms. The van der Waals surface area contributed by atoms with E-state index in [1.54, 1.807) is 63.5 Å².